The van der Waals surface area contributed by atoms with Crippen LogP contribution in [0.4, 0.5) is 0 Å². The molecule has 0 atom stereocenters. The molecule has 17 heavy (non-hydrogen) atoms. The molecule has 1 aromatic rings. The third-order valence-corrected chi connectivity index (χ3v) is 4.10. The average molecular weight is 254 g/mol. The Morgan fingerprint density at radius 2 is 1.71 bits per heavy atom. The van der Waals surface area contributed by atoms with Gasteiger partial charge in [-0.3, -0.25) is 0 Å². The van der Waals surface area contributed by atoms with Gasteiger partial charge in [-0.15, -0.1) is 0 Å². The van der Waals surface area contributed by atoms with Crippen LogP contribution in [0.2, 0.25) is 0 Å². The summed E-state index contributed by atoms with van der Waals surface area (Å²) in [6.45, 7) is 3.43. The third-order valence-electron chi connectivity index (χ3n) is 3.17. The maximum absolute atomic E-state index is 11.1. The molecule has 4 nitrogen and oxygen atoms in total. The van der Waals surface area contributed by atoms with E-state index in [9.17, 15) is 8.42 Å². The fraction of sp³-hybridized carbons (Fsp3) is 0.500. The Morgan fingerprint density at radius 3 is 2.24 bits per heavy atom. The third kappa shape index (κ3) is 3.52. The summed E-state index contributed by atoms with van der Waals surface area (Å²) in [5.74, 6) is 0. The van der Waals surface area contributed by atoms with E-state index in [4.69, 9.17) is 5.14 Å². The summed E-state index contributed by atoms with van der Waals surface area (Å²) in [6.07, 6.45) is 3.56. The lowest BCUT2D eigenvalue weighted by atomic mass is 10.1. The average Bonchev–Trinajstić information content (AvgIpc) is 2.78. The van der Waals surface area contributed by atoms with Crippen LogP contribution in [0, 0.1) is 0 Å². The van der Waals surface area contributed by atoms with E-state index < -0.39 is 10.0 Å². The van der Waals surface area contributed by atoms with Gasteiger partial charge in [0, 0.05) is 6.54 Å². The number of primary sulfonamides is 1. The molecule has 0 amide bonds. The Bertz CT molecular complexity index is 462. The van der Waals surface area contributed by atoms with Gasteiger partial charge in [0.1, 0.15) is 0 Å². The van der Waals surface area contributed by atoms with Crippen molar-refractivity contribution in [2.75, 3.05) is 19.6 Å². The van der Waals surface area contributed by atoms with Crippen LogP contribution in [-0.4, -0.2) is 33.0 Å². The zero-order valence-electron chi connectivity index (χ0n) is 9.80. The molecular weight excluding hydrogens is 236 g/mol. The smallest absolute Gasteiger partial charge is 0.238 e. The quantitative estimate of drug-likeness (QED) is 0.871. The van der Waals surface area contributed by atoms with Gasteiger partial charge in [0.05, 0.1) is 4.90 Å². The Kier molecular flexibility index (Phi) is 3.81. The molecule has 1 aromatic carbocycles. The Morgan fingerprint density at radius 1 is 1.12 bits per heavy atom. The highest BCUT2D eigenvalue weighted by Crippen LogP contribution is 2.12. The summed E-state index contributed by atoms with van der Waals surface area (Å²) in [5, 5.41) is 5.04. The summed E-state index contributed by atoms with van der Waals surface area (Å²) in [6, 6.07) is 6.84. The van der Waals surface area contributed by atoms with E-state index in [2.05, 4.69) is 4.90 Å². The van der Waals surface area contributed by atoms with Gasteiger partial charge in [0.25, 0.3) is 0 Å². The summed E-state index contributed by atoms with van der Waals surface area (Å²) in [5.41, 5.74) is 1.16. The standard InChI is InChI=1S/C12H18N2O2S/c13-17(15,16)12-5-3-11(4-6-12)7-10-14-8-1-2-9-14/h3-6H,1-2,7-10H2,(H2,13,15,16). The summed E-state index contributed by atoms with van der Waals surface area (Å²) in [7, 11) is -3.56. The second-order valence-corrected chi connectivity index (χ2v) is 6.05. The fourth-order valence-electron chi connectivity index (χ4n) is 2.14. The van der Waals surface area contributed by atoms with Crippen molar-refractivity contribution in [3.8, 4) is 0 Å². The minimum Gasteiger partial charge on any atom is -0.303 e. The molecule has 0 bridgehead atoms. The lowest BCUT2D eigenvalue weighted by molar-refractivity contribution is 0.343. The second kappa shape index (κ2) is 5.16. The summed E-state index contributed by atoms with van der Waals surface area (Å²) >= 11 is 0. The van der Waals surface area contributed by atoms with Crippen molar-refractivity contribution in [2.45, 2.75) is 24.2 Å². The van der Waals surface area contributed by atoms with Gasteiger partial charge in [0.2, 0.25) is 10.0 Å². The molecular formula is C12H18N2O2S. The highest BCUT2D eigenvalue weighted by Gasteiger charge is 2.11. The van der Waals surface area contributed by atoms with E-state index in [1.54, 1.807) is 12.1 Å². The van der Waals surface area contributed by atoms with Gasteiger partial charge in [-0.05, 0) is 50.0 Å². The van der Waals surface area contributed by atoms with Crippen LogP contribution in [0.25, 0.3) is 0 Å². The van der Waals surface area contributed by atoms with Crippen LogP contribution in [0.3, 0.4) is 0 Å². The predicted molar refractivity (Wildman–Crippen MR) is 67.2 cm³/mol. The molecule has 0 aliphatic carbocycles. The van der Waals surface area contributed by atoms with E-state index in [0.29, 0.717) is 0 Å². The normalized spacial score (nSPS) is 17.5. The first kappa shape index (κ1) is 12.5. The van der Waals surface area contributed by atoms with Crippen LogP contribution in [0.1, 0.15) is 18.4 Å². The molecule has 0 radical (unpaired) electrons. The van der Waals surface area contributed by atoms with Gasteiger partial charge in [-0.25, -0.2) is 13.6 Å². The number of sulfonamides is 1. The maximum atomic E-state index is 11.1. The first-order valence-electron chi connectivity index (χ1n) is 5.90. The minimum atomic E-state index is -3.56. The monoisotopic (exact) mass is 254 g/mol. The van der Waals surface area contributed by atoms with Gasteiger partial charge in [-0.2, -0.15) is 0 Å². The molecule has 2 rings (SSSR count). The Labute approximate surface area is 102 Å². The number of nitrogens with two attached hydrogens (primary N) is 1. The molecule has 0 saturated carbocycles. The van der Waals surface area contributed by atoms with E-state index in [1.807, 2.05) is 12.1 Å². The maximum Gasteiger partial charge on any atom is 0.238 e. The van der Waals surface area contributed by atoms with Crippen molar-refractivity contribution < 1.29 is 8.42 Å². The fourth-order valence-corrected chi connectivity index (χ4v) is 2.65. The highest BCUT2D eigenvalue weighted by molar-refractivity contribution is 7.89. The zero-order valence-corrected chi connectivity index (χ0v) is 10.6. The number of hydrogen-bond donors (Lipinski definition) is 1. The molecule has 1 aliphatic rings. The van der Waals surface area contributed by atoms with Gasteiger partial charge < -0.3 is 4.90 Å². The molecule has 0 spiro atoms. The molecule has 94 valence electrons. The molecule has 0 aromatic heterocycles. The topological polar surface area (TPSA) is 63.4 Å². The van der Waals surface area contributed by atoms with E-state index in [0.717, 1.165) is 18.5 Å². The van der Waals surface area contributed by atoms with E-state index in [1.165, 1.54) is 25.9 Å². The van der Waals surface area contributed by atoms with Crippen LogP contribution >= 0.6 is 0 Å². The zero-order chi connectivity index (χ0) is 12.3. The molecule has 1 heterocycles. The second-order valence-electron chi connectivity index (χ2n) is 4.49. The molecule has 1 aliphatic heterocycles. The Balaban J connectivity index is 1.94. The molecule has 5 heteroatoms. The van der Waals surface area contributed by atoms with Crippen LogP contribution in [0.15, 0.2) is 29.2 Å². The molecule has 1 saturated heterocycles. The number of benzene rings is 1. The van der Waals surface area contributed by atoms with E-state index >= 15 is 0 Å². The van der Waals surface area contributed by atoms with E-state index in [-0.39, 0.29) is 4.90 Å². The Hall–Kier alpha value is -0.910. The SMILES string of the molecule is NS(=O)(=O)c1ccc(CCN2CCCC2)cc1. The largest absolute Gasteiger partial charge is 0.303 e. The first-order chi connectivity index (χ1) is 8.05. The van der Waals surface area contributed by atoms with Crippen LogP contribution < -0.4 is 5.14 Å². The summed E-state index contributed by atoms with van der Waals surface area (Å²) in [4.78, 5) is 2.62. The molecule has 2 N–H and O–H groups in total. The first-order valence-corrected chi connectivity index (χ1v) is 7.44. The van der Waals surface area contributed by atoms with Crippen LogP contribution in [0.5, 0.6) is 0 Å². The lowest BCUT2D eigenvalue weighted by Gasteiger charge is -2.14. The van der Waals surface area contributed by atoms with Gasteiger partial charge >= 0.3 is 0 Å². The van der Waals surface area contributed by atoms with Crippen molar-refractivity contribution in [3.63, 3.8) is 0 Å². The number of likely N-dealkylation sites (tertiary alicyclic amines) is 1. The highest BCUT2D eigenvalue weighted by atomic mass is 32.2. The van der Waals surface area contributed by atoms with Crippen molar-refractivity contribution in [3.05, 3.63) is 29.8 Å². The van der Waals surface area contributed by atoms with Crippen molar-refractivity contribution in [1.29, 1.82) is 0 Å². The summed E-state index contributed by atoms with van der Waals surface area (Å²) < 4.78 is 22.2. The number of rotatable bonds is 4. The van der Waals surface area contributed by atoms with Gasteiger partial charge in [0.15, 0.2) is 0 Å². The predicted octanol–water partition coefficient (Wildman–Crippen LogP) is 0.972. The molecule has 0 unspecified atom stereocenters. The lowest BCUT2D eigenvalue weighted by Crippen LogP contribution is -2.21. The van der Waals surface area contributed by atoms with Crippen LogP contribution in [-0.2, 0) is 16.4 Å². The van der Waals surface area contributed by atoms with Crippen molar-refractivity contribution in [2.24, 2.45) is 5.14 Å². The minimum absolute atomic E-state index is 0.183. The van der Waals surface area contributed by atoms with Crippen molar-refractivity contribution in [1.82, 2.24) is 4.90 Å². The van der Waals surface area contributed by atoms with Gasteiger partial charge in [-0.1, -0.05) is 12.1 Å². The van der Waals surface area contributed by atoms with Crippen molar-refractivity contribution >= 4 is 10.0 Å². The molecule has 1 fully saturated rings. The number of nitrogens with zero attached hydrogens (tertiary/aromatic N) is 1. The number of hydrogen-bond acceptors (Lipinski definition) is 3.